The van der Waals surface area contributed by atoms with Crippen LogP contribution in [0.5, 0.6) is 0 Å². The van der Waals surface area contributed by atoms with Crippen LogP contribution in [0, 0.1) is 10.1 Å². The smallest absolute Gasteiger partial charge is 0.270 e. The summed E-state index contributed by atoms with van der Waals surface area (Å²) in [7, 11) is 0. The molecule has 0 saturated carbocycles. The van der Waals surface area contributed by atoms with Crippen LogP contribution in [0.4, 0.5) is 11.4 Å². The zero-order chi connectivity index (χ0) is 15.6. The van der Waals surface area contributed by atoms with Crippen molar-refractivity contribution >= 4 is 57.8 Å². The summed E-state index contributed by atoms with van der Waals surface area (Å²) in [5.41, 5.74) is 1.24. The first-order valence-corrected chi connectivity index (χ1v) is 7.21. The molecule has 21 heavy (non-hydrogen) atoms. The fourth-order valence-electron chi connectivity index (χ4n) is 1.64. The van der Waals surface area contributed by atoms with Gasteiger partial charge in [-0.1, -0.05) is 46.4 Å². The van der Waals surface area contributed by atoms with E-state index in [9.17, 15) is 10.1 Å². The van der Waals surface area contributed by atoms with Gasteiger partial charge in [0, 0.05) is 18.7 Å². The third kappa shape index (κ3) is 3.92. The minimum atomic E-state index is -0.501. The molecule has 2 rings (SSSR count). The van der Waals surface area contributed by atoms with Crippen molar-refractivity contribution in [2.24, 2.45) is 0 Å². The summed E-state index contributed by atoms with van der Waals surface area (Å²) in [5, 5.41) is 15.2. The third-order valence-electron chi connectivity index (χ3n) is 2.73. The van der Waals surface area contributed by atoms with Gasteiger partial charge in [0.1, 0.15) is 0 Å². The minimum Gasteiger partial charge on any atom is -0.380 e. The molecule has 0 spiro atoms. The Hall–Kier alpha value is -1.20. The van der Waals surface area contributed by atoms with Gasteiger partial charge in [-0.05, 0) is 23.8 Å². The summed E-state index contributed by atoms with van der Waals surface area (Å²) in [6.07, 6.45) is 0. The first kappa shape index (κ1) is 16.2. The van der Waals surface area contributed by atoms with Crippen LogP contribution in [0.3, 0.4) is 0 Å². The normalized spacial score (nSPS) is 10.5. The molecule has 2 aromatic carbocycles. The zero-order valence-electron chi connectivity index (χ0n) is 10.4. The van der Waals surface area contributed by atoms with Crippen molar-refractivity contribution in [2.45, 2.75) is 6.54 Å². The van der Waals surface area contributed by atoms with Gasteiger partial charge in [-0.15, -0.1) is 0 Å². The lowest BCUT2D eigenvalue weighted by Gasteiger charge is -2.11. The number of anilines is 1. The number of nitrogens with zero attached hydrogens (tertiary/aromatic N) is 1. The summed E-state index contributed by atoms with van der Waals surface area (Å²) in [5.74, 6) is 0. The lowest BCUT2D eigenvalue weighted by molar-refractivity contribution is -0.384. The molecule has 110 valence electrons. The lowest BCUT2D eigenvalue weighted by atomic mass is 10.2. The van der Waals surface area contributed by atoms with E-state index < -0.39 is 4.92 Å². The molecule has 0 bridgehead atoms. The number of hydrogen-bond acceptors (Lipinski definition) is 3. The Morgan fingerprint density at radius 1 is 0.952 bits per heavy atom. The highest BCUT2D eigenvalue weighted by Gasteiger charge is 2.10. The Balaban J connectivity index is 2.17. The minimum absolute atomic E-state index is 0.0590. The molecule has 0 heterocycles. The molecular weight excluding hydrogens is 358 g/mol. The van der Waals surface area contributed by atoms with Crippen molar-refractivity contribution in [3.8, 4) is 0 Å². The molecular formula is C13H8Cl4N2O2. The monoisotopic (exact) mass is 364 g/mol. The number of nitro benzene ring substituents is 1. The van der Waals surface area contributed by atoms with Crippen molar-refractivity contribution in [1.29, 1.82) is 0 Å². The molecule has 2 aromatic rings. The topological polar surface area (TPSA) is 55.2 Å². The number of non-ortho nitro benzene ring substituents is 1. The maximum Gasteiger partial charge on any atom is 0.270 e. The van der Waals surface area contributed by atoms with E-state index in [1.165, 1.54) is 18.2 Å². The molecule has 8 heteroatoms. The van der Waals surface area contributed by atoms with E-state index in [4.69, 9.17) is 46.4 Å². The van der Waals surface area contributed by atoms with Crippen LogP contribution in [0.15, 0.2) is 30.3 Å². The summed E-state index contributed by atoms with van der Waals surface area (Å²) in [4.78, 5) is 10.1. The molecule has 4 nitrogen and oxygen atoms in total. The second-order valence-corrected chi connectivity index (χ2v) is 5.76. The van der Waals surface area contributed by atoms with Crippen molar-refractivity contribution in [1.82, 2.24) is 0 Å². The molecule has 0 aliphatic carbocycles. The largest absolute Gasteiger partial charge is 0.380 e. The maximum absolute atomic E-state index is 10.6. The maximum atomic E-state index is 10.6. The fourth-order valence-corrected chi connectivity index (χ4v) is 2.50. The number of nitrogens with one attached hydrogen (secondary N) is 1. The van der Waals surface area contributed by atoms with Gasteiger partial charge in [-0.25, -0.2) is 0 Å². The summed E-state index contributed by atoms with van der Waals surface area (Å²) in [6.45, 7) is 0.342. The quantitative estimate of drug-likeness (QED) is 0.421. The van der Waals surface area contributed by atoms with Crippen LogP contribution in [0.25, 0.3) is 0 Å². The second kappa shape index (κ2) is 6.71. The predicted octanol–water partition coefficient (Wildman–Crippen LogP) is 5.82. The van der Waals surface area contributed by atoms with E-state index in [-0.39, 0.29) is 5.69 Å². The van der Waals surface area contributed by atoms with E-state index >= 15 is 0 Å². The molecule has 0 radical (unpaired) electrons. The number of halogens is 4. The first-order valence-electron chi connectivity index (χ1n) is 5.69. The number of nitro groups is 1. The SMILES string of the molecule is O=[N+]([O-])c1ccc(CNc2cc(Cl)c(Cl)cc2Cl)c(Cl)c1. The molecule has 0 unspecified atom stereocenters. The van der Waals surface area contributed by atoms with Gasteiger partial charge >= 0.3 is 0 Å². The van der Waals surface area contributed by atoms with Crippen LogP contribution >= 0.6 is 46.4 Å². The fraction of sp³-hybridized carbons (Fsp3) is 0.0769. The van der Waals surface area contributed by atoms with Gasteiger partial charge in [-0.2, -0.15) is 0 Å². The molecule has 0 amide bonds. The average molecular weight is 366 g/mol. The van der Waals surface area contributed by atoms with Crippen LogP contribution in [0.1, 0.15) is 5.56 Å². The number of hydrogen-bond donors (Lipinski definition) is 1. The molecule has 0 fully saturated rings. The van der Waals surface area contributed by atoms with Crippen LogP contribution in [-0.2, 0) is 6.54 Å². The molecule has 1 N–H and O–H groups in total. The number of rotatable bonds is 4. The van der Waals surface area contributed by atoms with E-state index in [0.29, 0.717) is 37.9 Å². The van der Waals surface area contributed by atoms with Crippen LogP contribution in [-0.4, -0.2) is 4.92 Å². The van der Waals surface area contributed by atoms with Crippen LogP contribution in [0.2, 0.25) is 20.1 Å². The van der Waals surface area contributed by atoms with Gasteiger partial charge in [0.15, 0.2) is 0 Å². The highest BCUT2D eigenvalue weighted by atomic mass is 35.5. The van der Waals surface area contributed by atoms with Crippen LogP contribution < -0.4 is 5.32 Å². The van der Waals surface area contributed by atoms with Gasteiger partial charge in [-0.3, -0.25) is 10.1 Å². The van der Waals surface area contributed by atoms with Gasteiger partial charge < -0.3 is 5.32 Å². The molecule has 0 atom stereocenters. The van der Waals surface area contributed by atoms with Crippen molar-refractivity contribution < 1.29 is 4.92 Å². The summed E-state index contributed by atoms with van der Waals surface area (Å²) in [6, 6.07) is 7.41. The Kier molecular flexibility index (Phi) is 5.17. The Morgan fingerprint density at radius 3 is 2.24 bits per heavy atom. The van der Waals surface area contributed by atoms with Crippen molar-refractivity contribution in [3.63, 3.8) is 0 Å². The van der Waals surface area contributed by atoms with E-state index in [1.807, 2.05) is 0 Å². The van der Waals surface area contributed by atoms with Gasteiger partial charge in [0.2, 0.25) is 0 Å². The average Bonchev–Trinajstić information content (AvgIpc) is 2.42. The highest BCUT2D eigenvalue weighted by molar-refractivity contribution is 6.44. The zero-order valence-corrected chi connectivity index (χ0v) is 13.4. The predicted molar refractivity (Wildman–Crippen MR) is 86.9 cm³/mol. The van der Waals surface area contributed by atoms with Crippen molar-refractivity contribution in [2.75, 3.05) is 5.32 Å². The second-order valence-electron chi connectivity index (χ2n) is 4.13. The molecule has 0 aliphatic heterocycles. The van der Waals surface area contributed by atoms with Gasteiger partial charge in [0.05, 0.1) is 30.7 Å². The first-order chi connectivity index (χ1) is 9.88. The van der Waals surface area contributed by atoms with E-state index in [2.05, 4.69) is 5.32 Å². The third-order valence-corrected chi connectivity index (χ3v) is 4.11. The number of benzene rings is 2. The summed E-state index contributed by atoms with van der Waals surface area (Å²) >= 11 is 23.8. The summed E-state index contributed by atoms with van der Waals surface area (Å²) < 4.78 is 0. The lowest BCUT2D eigenvalue weighted by Crippen LogP contribution is -2.01. The highest BCUT2D eigenvalue weighted by Crippen LogP contribution is 2.33. The Labute approximate surface area is 140 Å². The molecule has 0 saturated heterocycles. The molecule has 0 aromatic heterocycles. The standard InChI is InChI=1S/C13H8Cl4N2O2/c14-9-3-8(19(20)21)2-1-7(9)6-18-13-5-11(16)10(15)4-12(13)17/h1-5,18H,6H2. The van der Waals surface area contributed by atoms with E-state index in [1.54, 1.807) is 12.1 Å². The Bertz CT molecular complexity index is 707. The van der Waals surface area contributed by atoms with E-state index in [0.717, 1.165) is 0 Å². The Morgan fingerprint density at radius 2 is 1.62 bits per heavy atom. The van der Waals surface area contributed by atoms with Crippen molar-refractivity contribution in [3.05, 3.63) is 66.1 Å². The van der Waals surface area contributed by atoms with Gasteiger partial charge in [0.25, 0.3) is 5.69 Å². The molecule has 0 aliphatic rings.